The molecule has 1 aliphatic rings. The first-order valence-electron chi connectivity index (χ1n) is 10.9. The third kappa shape index (κ3) is 5.64. The predicted molar refractivity (Wildman–Crippen MR) is 133 cm³/mol. The molecule has 37 heavy (non-hydrogen) atoms. The Bertz CT molecular complexity index is 1430. The topological polar surface area (TPSA) is 171 Å². The van der Waals surface area contributed by atoms with Gasteiger partial charge in [-0.1, -0.05) is 0 Å². The Morgan fingerprint density at radius 2 is 1.84 bits per heavy atom. The summed E-state index contributed by atoms with van der Waals surface area (Å²) in [5, 5.41) is 21.8. The summed E-state index contributed by atoms with van der Waals surface area (Å²) in [7, 11) is 1.59. The molecule has 0 unspecified atom stereocenters. The molecule has 2 aromatic carbocycles. The van der Waals surface area contributed by atoms with E-state index in [4.69, 9.17) is 18.6 Å². The van der Waals surface area contributed by atoms with E-state index in [0.717, 1.165) is 11.3 Å². The van der Waals surface area contributed by atoms with E-state index in [2.05, 4.69) is 36.1 Å². The highest BCUT2D eigenvalue weighted by atomic mass is 16.7. The van der Waals surface area contributed by atoms with Crippen LogP contribution in [0.15, 0.2) is 64.5 Å². The van der Waals surface area contributed by atoms with Crippen LogP contribution in [0.25, 0.3) is 0 Å². The molecule has 0 amide bonds. The minimum absolute atomic E-state index is 0.00520. The zero-order valence-electron chi connectivity index (χ0n) is 19.4. The first kappa shape index (κ1) is 23.3. The molecule has 3 N–H and O–H groups in total. The van der Waals surface area contributed by atoms with Crippen LogP contribution in [-0.2, 0) is 6.54 Å². The minimum Gasteiger partial charge on any atom is -0.497 e. The van der Waals surface area contributed by atoms with Crippen molar-refractivity contribution in [2.75, 3.05) is 30.0 Å². The van der Waals surface area contributed by atoms with Crippen molar-refractivity contribution in [1.82, 2.24) is 15.0 Å². The van der Waals surface area contributed by atoms with Gasteiger partial charge in [-0.3, -0.25) is 10.1 Å². The highest BCUT2D eigenvalue weighted by Gasteiger charge is 2.22. The van der Waals surface area contributed by atoms with Crippen LogP contribution in [0.3, 0.4) is 0 Å². The van der Waals surface area contributed by atoms with Crippen molar-refractivity contribution in [3.8, 4) is 17.2 Å². The van der Waals surface area contributed by atoms with E-state index in [1.807, 2.05) is 18.2 Å². The van der Waals surface area contributed by atoms with Gasteiger partial charge in [-0.05, 0) is 36.4 Å². The summed E-state index contributed by atoms with van der Waals surface area (Å²) in [6, 6.07) is 11.8. The van der Waals surface area contributed by atoms with Crippen molar-refractivity contribution in [2.45, 2.75) is 6.54 Å². The second-order valence-corrected chi connectivity index (χ2v) is 7.54. The van der Waals surface area contributed by atoms with Crippen LogP contribution in [0.1, 0.15) is 11.1 Å². The van der Waals surface area contributed by atoms with Gasteiger partial charge < -0.3 is 29.3 Å². The molecule has 0 atom stereocenters. The maximum Gasteiger partial charge on any atom is 0.282 e. The lowest BCUT2D eigenvalue weighted by Gasteiger charge is -2.10. The summed E-state index contributed by atoms with van der Waals surface area (Å²) in [5.74, 6) is 2.00. The van der Waals surface area contributed by atoms with Gasteiger partial charge in [0.2, 0.25) is 24.6 Å². The van der Waals surface area contributed by atoms with Gasteiger partial charge in [0, 0.05) is 17.8 Å². The Labute approximate surface area is 209 Å². The molecule has 14 heteroatoms. The molecule has 0 spiro atoms. The molecule has 1 aliphatic heterocycles. The van der Waals surface area contributed by atoms with E-state index < -0.39 is 4.92 Å². The van der Waals surface area contributed by atoms with E-state index in [0.29, 0.717) is 23.8 Å². The van der Waals surface area contributed by atoms with Crippen molar-refractivity contribution in [2.24, 2.45) is 5.10 Å². The lowest BCUT2D eigenvalue weighted by Crippen LogP contribution is -2.09. The van der Waals surface area contributed by atoms with E-state index in [1.54, 1.807) is 31.8 Å². The Balaban J connectivity index is 1.38. The average molecular weight is 504 g/mol. The first-order valence-corrected chi connectivity index (χ1v) is 10.9. The number of methoxy groups -OCH3 is 1. The zero-order valence-corrected chi connectivity index (χ0v) is 19.4. The molecule has 5 rings (SSSR count). The maximum atomic E-state index is 11.5. The van der Waals surface area contributed by atoms with E-state index in [-0.39, 0.29) is 35.9 Å². The predicted octanol–water partition coefficient (Wildman–Crippen LogP) is 3.91. The molecule has 0 fully saturated rings. The fourth-order valence-electron chi connectivity index (χ4n) is 3.31. The van der Waals surface area contributed by atoms with Crippen molar-refractivity contribution in [3.63, 3.8) is 0 Å². The highest BCUT2D eigenvalue weighted by molar-refractivity contribution is 5.87. The van der Waals surface area contributed by atoms with Crippen molar-refractivity contribution >= 4 is 35.4 Å². The molecule has 188 valence electrons. The second kappa shape index (κ2) is 10.5. The first-order chi connectivity index (χ1) is 18.1. The number of hydrogen-bond donors (Lipinski definition) is 3. The van der Waals surface area contributed by atoms with E-state index >= 15 is 0 Å². The number of nitro groups is 1. The van der Waals surface area contributed by atoms with Gasteiger partial charge in [-0.15, -0.1) is 0 Å². The van der Waals surface area contributed by atoms with Crippen LogP contribution >= 0.6 is 0 Å². The molecular formula is C23H20N8O6. The number of rotatable bonds is 10. The van der Waals surface area contributed by atoms with Gasteiger partial charge in [0.15, 0.2) is 11.5 Å². The van der Waals surface area contributed by atoms with Gasteiger partial charge >= 0.3 is 0 Å². The number of nitrogens with zero attached hydrogens (tertiary/aromatic N) is 5. The normalized spacial score (nSPS) is 11.9. The summed E-state index contributed by atoms with van der Waals surface area (Å²) in [6.45, 7) is 0.406. The average Bonchev–Trinajstić information content (AvgIpc) is 3.59. The standard InChI is InChI=1S/C23H20N8O6/c1-34-17-4-2-16(3-5-17)26-22-27-21(24-10-14-6-7-35-12-14)28-23(29-22)30-25-11-15-8-19-20(37-13-36-19)9-18(15)31(32)33/h2-9,11-12H,10,13H2,1H3,(H3,24,26,27,28,29,30). The van der Waals surface area contributed by atoms with Crippen molar-refractivity contribution < 1.29 is 23.6 Å². The van der Waals surface area contributed by atoms with Gasteiger partial charge in [0.05, 0.1) is 42.4 Å². The summed E-state index contributed by atoms with van der Waals surface area (Å²) in [5.41, 5.74) is 4.34. The number of ether oxygens (including phenoxy) is 3. The fraction of sp³-hybridized carbons (Fsp3) is 0.130. The molecule has 0 saturated heterocycles. The van der Waals surface area contributed by atoms with Crippen LogP contribution in [0.2, 0.25) is 0 Å². The second-order valence-electron chi connectivity index (χ2n) is 7.54. The number of nitro benzene ring substituents is 1. The highest BCUT2D eigenvalue weighted by Crippen LogP contribution is 2.37. The number of benzene rings is 2. The number of hydrazone groups is 1. The number of nitrogens with one attached hydrogen (secondary N) is 3. The Morgan fingerprint density at radius 3 is 2.57 bits per heavy atom. The monoisotopic (exact) mass is 504 g/mol. The third-order valence-electron chi connectivity index (χ3n) is 5.10. The number of fused-ring (bicyclic) bond motifs is 1. The van der Waals surface area contributed by atoms with Crippen LogP contribution < -0.4 is 30.3 Å². The Hall–Kier alpha value is -5.40. The SMILES string of the molecule is COc1ccc(Nc2nc(NCc3ccoc3)nc(NN=Cc3cc4c(cc3[N+](=O)[O-])OCO4)n2)cc1. The molecule has 3 heterocycles. The summed E-state index contributed by atoms with van der Waals surface area (Å²) < 4.78 is 20.8. The lowest BCUT2D eigenvalue weighted by atomic mass is 10.1. The Kier molecular flexibility index (Phi) is 6.61. The molecular weight excluding hydrogens is 484 g/mol. The number of hydrogen-bond acceptors (Lipinski definition) is 13. The molecule has 2 aromatic heterocycles. The fourth-order valence-corrected chi connectivity index (χ4v) is 3.31. The molecule has 0 aliphatic carbocycles. The largest absolute Gasteiger partial charge is 0.497 e. The zero-order chi connectivity index (χ0) is 25.6. The smallest absolute Gasteiger partial charge is 0.282 e. The van der Waals surface area contributed by atoms with Gasteiger partial charge in [0.25, 0.3) is 5.69 Å². The summed E-state index contributed by atoms with van der Waals surface area (Å²) in [4.78, 5) is 24.0. The minimum atomic E-state index is -0.527. The van der Waals surface area contributed by atoms with Crippen LogP contribution in [-0.4, -0.2) is 40.0 Å². The number of aromatic nitrogens is 3. The lowest BCUT2D eigenvalue weighted by molar-refractivity contribution is -0.385. The molecule has 4 aromatic rings. The van der Waals surface area contributed by atoms with Gasteiger partial charge in [0.1, 0.15) is 5.75 Å². The van der Waals surface area contributed by atoms with Gasteiger partial charge in [-0.2, -0.15) is 20.1 Å². The third-order valence-corrected chi connectivity index (χ3v) is 5.10. The summed E-state index contributed by atoms with van der Waals surface area (Å²) >= 11 is 0. The van der Waals surface area contributed by atoms with Crippen LogP contribution in [0, 0.1) is 10.1 Å². The Morgan fingerprint density at radius 1 is 1.08 bits per heavy atom. The molecule has 14 nitrogen and oxygen atoms in total. The van der Waals surface area contributed by atoms with Crippen LogP contribution in [0.4, 0.5) is 29.2 Å². The quantitative estimate of drug-likeness (QED) is 0.162. The number of anilines is 4. The molecule has 0 bridgehead atoms. The van der Waals surface area contributed by atoms with Crippen molar-refractivity contribution in [3.05, 3.63) is 76.2 Å². The maximum absolute atomic E-state index is 11.5. The number of furan rings is 1. The van der Waals surface area contributed by atoms with E-state index in [9.17, 15) is 10.1 Å². The van der Waals surface area contributed by atoms with Crippen molar-refractivity contribution in [1.29, 1.82) is 0 Å². The van der Waals surface area contributed by atoms with Gasteiger partial charge in [-0.25, -0.2) is 5.43 Å². The van der Waals surface area contributed by atoms with Crippen LogP contribution in [0.5, 0.6) is 17.2 Å². The molecule has 0 saturated carbocycles. The molecule has 0 radical (unpaired) electrons. The van der Waals surface area contributed by atoms with E-state index in [1.165, 1.54) is 18.3 Å². The summed E-state index contributed by atoms with van der Waals surface area (Å²) in [6.07, 6.45) is 4.45.